The van der Waals surface area contributed by atoms with Crippen LogP contribution in [0, 0.1) is 5.92 Å². The maximum atomic E-state index is 12.1. The van der Waals surface area contributed by atoms with Crippen LogP contribution >= 0.6 is 0 Å². The van der Waals surface area contributed by atoms with Crippen LogP contribution in [-0.2, 0) is 16.0 Å². The molecule has 1 aliphatic rings. The van der Waals surface area contributed by atoms with Gasteiger partial charge < -0.3 is 20.8 Å². The lowest BCUT2D eigenvalue weighted by atomic mass is 9.97. The summed E-state index contributed by atoms with van der Waals surface area (Å²) in [5, 5.41) is 24.2. The molecular formula is C15H20N2O4. The van der Waals surface area contributed by atoms with Crippen molar-refractivity contribution in [1.29, 1.82) is 0 Å². The van der Waals surface area contributed by atoms with Crippen molar-refractivity contribution in [2.24, 2.45) is 5.92 Å². The summed E-state index contributed by atoms with van der Waals surface area (Å²) in [6.45, 7) is 1.50. The number of carbonyl (C=O) groups excluding carboxylic acids is 1. The Morgan fingerprint density at radius 1 is 1.33 bits per heavy atom. The molecule has 1 saturated heterocycles. The summed E-state index contributed by atoms with van der Waals surface area (Å²) in [6, 6.07) is 5.35. The molecule has 2 rings (SSSR count). The number of phenolic OH excluding ortho intramolecular Hbond substituents is 1. The number of nitrogens with one attached hydrogen (secondary N) is 2. The average Bonchev–Trinajstić information content (AvgIpc) is 2.49. The van der Waals surface area contributed by atoms with Gasteiger partial charge in [0.25, 0.3) is 0 Å². The number of carboxylic acid groups (broad SMARTS) is 1. The molecule has 21 heavy (non-hydrogen) atoms. The molecule has 1 unspecified atom stereocenters. The standard InChI is InChI=1S/C15H20N2O4/c18-12-5-3-10(4-6-12)8-13(15(20)21)17-14(19)11-2-1-7-16-9-11/h3-6,11,13,16,18H,1-2,7-9H2,(H,17,19)(H,20,21)/t11?,13-/m1/s1. The van der Waals surface area contributed by atoms with E-state index in [1.807, 2.05) is 0 Å². The van der Waals surface area contributed by atoms with Crippen molar-refractivity contribution >= 4 is 11.9 Å². The van der Waals surface area contributed by atoms with Gasteiger partial charge in [-0.15, -0.1) is 0 Å². The second-order valence-electron chi connectivity index (χ2n) is 5.31. The zero-order chi connectivity index (χ0) is 15.2. The number of rotatable bonds is 5. The van der Waals surface area contributed by atoms with Crippen molar-refractivity contribution in [1.82, 2.24) is 10.6 Å². The number of carboxylic acids is 1. The lowest BCUT2D eigenvalue weighted by Gasteiger charge is -2.24. The van der Waals surface area contributed by atoms with E-state index >= 15 is 0 Å². The maximum absolute atomic E-state index is 12.1. The van der Waals surface area contributed by atoms with Crippen LogP contribution < -0.4 is 10.6 Å². The summed E-state index contributed by atoms with van der Waals surface area (Å²) < 4.78 is 0. The Labute approximate surface area is 123 Å². The normalized spacial score (nSPS) is 19.7. The predicted molar refractivity (Wildman–Crippen MR) is 77.0 cm³/mol. The molecule has 6 heteroatoms. The van der Waals surface area contributed by atoms with Crippen LogP contribution in [0.2, 0.25) is 0 Å². The highest BCUT2D eigenvalue weighted by molar-refractivity contribution is 5.85. The highest BCUT2D eigenvalue weighted by atomic mass is 16.4. The minimum Gasteiger partial charge on any atom is -0.508 e. The molecule has 0 spiro atoms. The zero-order valence-electron chi connectivity index (χ0n) is 11.7. The van der Waals surface area contributed by atoms with Gasteiger partial charge in [0.05, 0.1) is 5.92 Å². The van der Waals surface area contributed by atoms with Crippen molar-refractivity contribution in [3.63, 3.8) is 0 Å². The summed E-state index contributed by atoms with van der Waals surface area (Å²) in [5.74, 6) is -1.31. The van der Waals surface area contributed by atoms with E-state index in [-0.39, 0.29) is 24.0 Å². The van der Waals surface area contributed by atoms with Gasteiger partial charge in [-0.1, -0.05) is 12.1 Å². The molecule has 0 saturated carbocycles. The van der Waals surface area contributed by atoms with Gasteiger partial charge in [0.2, 0.25) is 5.91 Å². The number of amides is 1. The first kappa shape index (κ1) is 15.3. The molecule has 0 radical (unpaired) electrons. The Balaban J connectivity index is 1.96. The molecule has 2 atom stereocenters. The fourth-order valence-electron chi connectivity index (χ4n) is 2.43. The van der Waals surface area contributed by atoms with Crippen LogP contribution in [0.3, 0.4) is 0 Å². The van der Waals surface area contributed by atoms with Crippen molar-refractivity contribution < 1.29 is 19.8 Å². The predicted octanol–water partition coefficient (Wildman–Crippen LogP) is 0.504. The van der Waals surface area contributed by atoms with E-state index in [2.05, 4.69) is 10.6 Å². The quantitative estimate of drug-likeness (QED) is 0.633. The highest BCUT2D eigenvalue weighted by Gasteiger charge is 2.26. The highest BCUT2D eigenvalue weighted by Crippen LogP contribution is 2.13. The molecule has 1 amide bonds. The van der Waals surface area contributed by atoms with Gasteiger partial charge in [-0.2, -0.15) is 0 Å². The molecule has 1 heterocycles. The summed E-state index contributed by atoms with van der Waals surface area (Å²) in [4.78, 5) is 23.4. The third kappa shape index (κ3) is 4.46. The second-order valence-corrected chi connectivity index (χ2v) is 5.31. The molecule has 0 aliphatic carbocycles. The minimum absolute atomic E-state index is 0.128. The SMILES string of the molecule is O=C(N[C@H](Cc1ccc(O)cc1)C(=O)O)C1CCCNC1. The summed E-state index contributed by atoms with van der Waals surface area (Å²) in [7, 11) is 0. The molecule has 1 fully saturated rings. The van der Waals surface area contributed by atoms with Crippen LogP contribution in [0.1, 0.15) is 18.4 Å². The number of phenols is 1. The molecule has 1 aromatic rings. The second kappa shape index (κ2) is 7.08. The number of hydrogen-bond acceptors (Lipinski definition) is 4. The van der Waals surface area contributed by atoms with Gasteiger partial charge >= 0.3 is 5.97 Å². The van der Waals surface area contributed by atoms with E-state index in [1.54, 1.807) is 12.1 Å². The van der Waals surface area contributed by atoms with Crippen molar-refractivity contribution in [2.75, 3.05) is 13.1 Å². The van der Waals surface area contributed by atoms with Gasteiger partial charge in [-0.3, -0.25) is 4.79 Å². The van der Waals surface area contributed by atoms with Gasteiger partial charge in [-0.25, -0.2) is 4.79 Å². The Kier molecular flexibility index (Phi) is 5.16. The molecule has 4 N–H and O–H groups in total. The molecule has 1 aliphatic heterocycles. The number of aliphatic carboxylic acids is 1. The molecular weight excluding hydrogens is 272 g/mol. The van der Waals surface area contributed by atoms with Gasteiger partial charge in [0.15, 0.2) is 0 Å². The first-order valence-electron chi connectivity index (χ1n) is 7.08. The topological polar surface area (TPSA) is 98.7 Å². The number of carbonyl (C=O) groups is 2. The molecule has 6 nitrogen and oxygen atoms in total. The third-order valence-corrected chi connectivity index (χ3v) is 3.66. The number of hydrogen-bond donors (Lipinski definition) is 4. The van der Waals surface area contributed by atoms with E-state index in [0.29, 0.717) is 6.54 Å². The maximum Gasteiger partial charge on any atom is 0.326 e. The largest absolute Gasteiger partial charge is 0.508 e. The van der Waals surface area contributed by atoms with Crippen molar-refractivity contribution in [3.05, 3.63) is 29.8 Å². The van der Waals surface area contributed by atoms with Crippen LogP contribution in [-0.4, -0.2) is 41.2 Å². The van der Waals surface area contributed by atoms with Gasteiger partial charge in [0, 0.05) is 13.0 Å². The van der Waals surface area contributed by atoms with E-state index in [0.717, 1.165) is 24.9 Å². The van der Waals surface area contributed by atoms with E-state index in [1.165, 1.54) is 12.1 Å². The summed E-state index contributed by atoms with van der Waals surface area (Å²) >= 11 is 0. The molecule has 1 aromatic carbocycles. The number of piperidine rings is 1. The Hall–Kier alpha value is -2.08. The van der Waals surface area contributed by atoms with Crippen LogP contribution in [0.4, 0.5) is 0 Å². The number of benzene rings is 1. The fraction of sp³-hybridized carbons (Fsp3) is 0.467. The van der Waals surface area contributed by atoms with E-state index < -0.39 is 12.0 Å². The lowest BCUT2D eigenvalue weighted by Crippen LogP contribution is -2.48. The van der Waals surface area contributed by atoms with Crippen LogP contribution in [0.15, 0.2) is 24.3 Å². The van der Waals surface area contributed by atoms with Gasteiger partial charge in [0.1, 0.15) is 11.8 Å². The summed E-state index contributed by atoms with van der Waals surface area (Å²) in [6.07, 6.45) is 1.90. The monoisotopic (exact) mass is 292 g/mol. The first-order valence-corrected chi connectivity index (χ1v) is 7.08. The Morgan fingerprint density at radius 2 is 2.05 bits per heavy atom. The van der Waals surface area contributed by atoms with Crippen molar-refractivity contribution in [2.45, 2.75) is 25.3 Å². The van der Waals surface area contributed by atoms with Gasteiger partial charge in [-0.05, 0) is 37.1 Å². The van der Waals surface area contributed by atoms with Crippen LogP contribution in [0.5, 0.6) is 5.75 Å². The lowest BCUT2D eigenvalue weighted by molar-refractivity contribution is -0.142. The fourth-order valence-corrected chi connectivity index (χ4v) is 2.43. The smallest absolute Gasteiger partial charge is 0.326 e. The summed E-state index contributed by atoms with van der Waals surface area (Å²) in [5.41, 5.74) is 0.752. The zero-order valence-corrected chi connectivity index (χ0v) is 11.7. The third-order valence-electron chi connectivity index (χ3n) is 3.66. The molecule has 114 valence electrons. The van der Waals surface area contributed by atoms with E-state index in [9.17, 15) is 19.8 Å². The molecule has 0 aromatic heterocycles. The Bertz CT molecular complexity index is 495. The number of aromatic hydroxyl groups is 1. The molecule has 0 bridgehead atoms. The van der Waals surface area contributed by atoms with Crippen molar-refractivity contribution in [3.8, 4) is 5.75 Å². The Morgan fingerprint density at radius 3 is 2.62 bits per heavy atom. The van der Waals surface area contributed by atoms with Crippen LogP contribution in [0.25, 0.3) is 0 Å². The van der Waals surface area contributed by atoms with E-state index in [4.69, 9.17) is 0 Å². The minimum atomic E-state index is -1.06. The first-order chi connectivity index (χ1) is 10.1. The average molecular weight is 292 g/mol.